The van der Waals surface area contributed by atoms with Gasteiger partial charge in [-0.15, -0.1) is 11.3 Å². The Balaban J connectivity index is 1.14. The average molecular weight is 680 g/mol. The molecule has 4 aromatic heterocycles. The quantitative estimate of drug-likeness (QED) is 0.177. The summed E-state index contributed by atoms with van der Waals surface area (Å²) in [5.74, 6) is 0. The zero-order chi connectivity index (χ0) is 33.9. The molecule has 0 radical (unpaired) electrons. The molecule has 0 atom stereocenters. The summed E-state index contributed by atoms with van der Waals surface area (Å²) in [4.78, 5) is 0. The Bertz CT molecular complexity index is 3300. The molecule has 4 heteroatoms. The van der Waals surface area contributed by atoms with Crippen molar-refractivity contribution in [2.75, 3.05) is 0 Å². The van der Waals surface area contributed by atoms with E-state index in [1.54, 1.807) is 0 Å². The highest BCUT2D eigenvalue weighted by Crippen LogP contribution is 2.43. The number of benzene rings is 8. The topological polar surface area (TPSA) is 14.8 Å². The monoisotopic (exact) mass is 679 g/mol. The van der Waals surface area contributed by atoms with E-state index >= 15 is 0 Å². The van der Waals surface area contributed by atoms with Gasteiger partial charge in [0.1, 0.15) is 0 Å². The van der Waals surface area contributed by atoms with Crippen molar-refractivity contribution in [1.82, 2.24) is 13.7 Å². The smallest absolute Gasteiger partial charge is 0.0548 e. The van der Waals surface area contributed by atoms with Crippen LogP contribution in [0.5, 0.6) is 0 Å². The predicted molar refractivity (Wildman–Crippen MR) is 222 cm³/mol. The average Bonchev–Trinajstić information content (AvgIpc) is 3.93. The summed E-state index contributed by atoms with van der Waals surface area (Å²) >= 11 is 1.89. The third kappa shape index (κ3) is 3.79. The molecule has 4 heterocycles. The van der Waals surface area contributed by atoms with E-state index in [1.165, 1.54) is 97.0 Å². The van der Waals surface area contributed by atoms with E-state index in [0.717, 1.165) is 5.69 Å². The lowest BCUT2D eigenvalue weighted by atomic mass is 10.1. The van der Waals surface area contributed by atoms with Gasteiger partial charge in [-0.3, -0.25) is 0 Å². The number of hydrogen-bond acceptors (Lipinski definition) is 1. The van der Waals surface area contributed by atoms with E-state index in [1.807, 2.05) is 11.3 Å². The fourth-order valence-corrected chi connectivity index (χ4v) is 9.91. The Morgan fingerprint density at radius 3 is 1.25 bits per heavy atom. The van der Waals surface area contributed by atoms with Gasteiger partial charge in [-0.25, -0.2) is 0 Å². The summed E-state index contributed by atoms with van der Waals surface area (Å²) in [5, 5.41) is 10.2. The summed E-state index contributed by atoms with van der Waals surface area (Å²) in [6.45, 7) is 0. The normalized spacial score (nSPS) is 12.2. The molecule has 12 rings (SSSR count). The number of hydrogen-bond donors (Lipinski definition) is 0. The number of para-hydroxylation sites is 5. The summed E-state index contributed by atoms with van der Waals surface area (Å²) in [7, 11) is 0. The van der Waals surface area contributed by atoms with Crippen molar-refractivity contribution in [2.45, 2.75) is 0 Å². The first kappa shape index (κ1) is 28.1. The molecule has 0 amide bonds. The number of nitrogens with zero attached hydrogens (tertiary/aromatic N) is 3. The lowest BCUT2D eigenvalue weighted by molar-refractivity contribution is 1.17. The minimum atomic E-state index is 1.16. The first-order valence-corrected chi connectivity index (χ1v) is 18.6. The van der Waals surface area contributed by atoms with Gasteiger partial charge in [-0.05, 0) is 84.9 Å². The van der Waals surface area contributed by atoms with Crippen LogP contribution < -0.4 is 0 Å². The van der Waals surface area contributed by atoms with Crippen molar-refractivity contribution in [3.63, 3.8) is 0 Å². The van der Waals surface area contributed by atoms with Crippen LogP contribution in [0.2, 0.25) is 0 Å². The molecular weight excluding hydrogens is 651 g/mol. The number of fused-ring (bicyclic) bond motifs is 12. The number of aromatic nitrogens is 3. The highest BCUT2D eigenvalue weighted by molar-refractivity contribution is 7.25. The Hall–Kier alpha value is -6.62. The van der Waals surface area contributed by atoms with E-state index in [-0.39, 0.29) is 0 Å². The van der Waals surface area contributed by atoms with Crippen LogP contribution in [0.3, 0.4) is 0 Å². The first-order valence-electron chi connectivity index (χ1n) is 17.8. The minimum absolute atomic E-state index is 1.16. The molecule has 242 valence electrons. The SMILES string of the molecule is c1ccc(-n2c3ccc(-n4c5ccccc5c5ccccc54)cc3c3cc4sc5ccc(-n6c7ccccc7c7ccccc76)cc5c4cc32)cc1. The molecule has 8 aromatic carbocycles. The van der Waals surface area contributed by atoms with Gasteiger partial charge in [0, 0.05) is 69.6 Å². The number of thiophene rings is 1. The van der Waals surface area contributed by atoms with E-state index in [9.17, 15) is 0 Å². The van der Waals surface area contributed by atoms with E-state index in [0.29, 0.717) is 0 Å². The molecule has 0 aliphatic carbocycles. The lowest BCUT2D eigenvalue weighted by Gasteiger charge is -2.10. The van der Waals surface area contributed by atoms with Crippen molar-refractivity contribution in [3.05, 3.63) is 176 Å². The van der Waals surface area contributed by atoms with Crippen molar-refractivity contribution in [2.24, 2.45) is 0 Å². The Morgan fingerprint density at radius 2 is 0.673 bits per heavy atom. The van der Waals surface area contributed by atoms with Crippen LogP contribution >= 0.6 is 11.3 Å². The van der Waals surface area contributed by atoms with Crippen LogP contribution in [0.1, 0.15) is 0 Å². The fourth-order valence-electron chi connectivity index (χ4n) is 8.80. The zero-order valence-electron chi connectivity index (χ0n) is 28.0. The van der Waals surface area contributed by atoms with Gasteiger partial charge in [0.2, 0.25) is 0 Å². The van der Waals surface area contributed by atoms with Gasteiger partial charge < -0.3 is 13.7 Å². The standard InChI is InChI=1S/C48H29N3S/c1-2-12-30(13-3-1)49-45-24-22-31(50-41-18-8-4-14-33(41)34-15-5-9-19-42(34)50)26-37(45)38-29-48-40(28-46(38)49)39-27-32(23-25-47(39)52-48)51-43-20-10-6-16-35(43)36-17-7-11-21-44(36)51/h1-29H. The zero-order valence-corrected chi connectivity index (χ0v) is 28.8. The molecule has 0 aliphatic rings. The molecule has 0 fully saturated rings. The third-order valence-electron chi connectivity index (χ3n) is 11.0. The van der Waals surface area contributed by atoms with Gasteiger partial charge in [0.05, 0.1) is 33.1 Å². The van der Waals surface area contributed by atoms with Crippen LogP contribution in [0.25, 0.3) is 103 Å². The highest BCUT2D eigenvalue weighted by atomic mass is 32.1. The van der Waals surface area contributed by atoms with Crippen LogP contribution in [0.4, 0.5) is 0 Å². The summed E-state index contributed by atoms with van der Waals surface area (Å²) in [6.07, 6.45) is 0. The van der Waals surface area contributed by atoms with Gasteiger partial charge >= 0.3 is 0 Å². The van der Waals surface area contributed by atoms with E-state index in [2.05, 4.69) is 190 Å². The molecule has 0 unspecified atom stereocenters. The molecule has 0 spiro atoms. The fraction of sp³-hybridized carbons (Fsp3) is 0. The van der Waals surface area contributed by atoms with E-state index in [4.69, 9.17) is 0 Å². The van der Waals surface area contributed by atoms with Crippen molar-refractivity contribution in [3.8, 4) is 17.1 Å². The van der Waals surface area contributed by atoms with Crippen LogP contribution in [0.15, 0.2) is 176 Å². The maximum Gasteiger partial charge on any atom is 0.0548 e. The highest BCUT2D eigenvalue weighted by Gasteiger charge is 2.19. The maximum absolute atomic E-state index is 2.44. The molecule has 0 saturated carbocycles. The molecule has 0 N–H and O–H groups in total. The molecule has 12 aromatic rings. The predicted octanol–water partition coefficient (Wildman–Crippen LogP) is 13.3. The summed E-state index contributed by atoms with van der Waals surface area (Å²) in [6, 6.07) is 64.7. The van der Waals surface area contributed by atoms with Crippen molar-refractivity contribution in [1.29, 1.82) is 0 Å². The molecule has 3 nitrogen and oxygen atoms in total. The Morgan fingerprint density at radius 1 is 0.250 bits per heavy atom. The van der Waals surface area contributed by atoms with Gasteiger partial charge in [0.15, 0.2) is 0 Å². The summed E-state index contributed by atoms with van der Waals surface area (Å²) in [5.41, 5.74) is 10.8. The van der Waals surface area contributed by atoms with Crippen molar-refractivity contribution >= 4 is 96.9 Å². The maximum atomic E-state index is 2.44. The van der Waals surface area contributed by atoms with Crippen LogP contribution in [-0.2, 0) is 0 Å². The molecular formula is C48H29N3S. The Kier molecular flexibility index (Phi) is 5.65. The van der Waals surface area contributed by atoms with Crippen molar-refractivity contribution < 1.29 is 0 Å². The van der Waals surface area contributed by atoms with Gasteiger partial charge in [0.25, 0.3) is 0 Å². The Labute approximate surface area is 302 Å². The van der Waals surface area contributed by atoms with Crippen LogP contribution in [0, 0.1) is 0 Å². The second kappa shape index (κ2) is 10.5. The second-order valence-corrected chi connectivity index (χ2v) is 14.8. The van der Waals surface area contributed by atoms with Crippen LogP contribution in [-0.4, -0.2) is 13.7 Å². The largest absolute Gasteiger partial charge is 0.309 e. The van der Waals surface area contributed by atoms with Gasteiger partial charge in [-0.1, -0.05) is 91.0 Å². The van der Waals surface area contributed by atoms with Gasteiger partial charge in [-0.2, -0.15) is 0 Å². The number of rotatable bonds is 3. The second-order valence-electron chi connectivity index (χ2n) is 13.8. The molecule has 52 heavy (non-hydrogen) atoms. The molecule has 0 bridgehead atoms. The minimum Gasteiger partial charge on any atom is -0.309 e. The molecule has 0 aliphatic heterocycles. The van der Waals surface area contributed by atoms with E-state index < -0.39 is 0 Å². The molecule has 0 saturated heterocycles. The first-order chi connectivity index (χ1) is 25.8. The lowest BCUT2D eigenvalue weighted by Crippen LogP contribution is -1.95. The third-order valence-corrected chi connectivity index (χ3v) is 12.1. The summed E-state index contributed by atoms with van der Waals surface area (Å²) < 4.78 is 9.89.